The summed E-state index contributed by atoms with van der Waals surface area (Å²) in [6.07, 6.45) is 1.16. The van der Waals surface area contributed by atoms with Gasteiger partial charge in [-0.25, -0.2) is 4.98 Å². The van der Waals surface area contributed by atoms with Crippen LogP contribution in [-0.2, 0) is 4.79 Å². The number of primary amides is 1. The minimum atomic E-state index is -1.50. The molecule has 2 aromatic heterocycles. The average molecular weight is 282 g/mol. The van der Waals surface area contributed by atoms with Gasteiger partial charge in [-0.15, -0.1) is 11.3 Å². The lowest BCUT2D eigenvalue weighted by Gasteiger charge is -2.07. The fourth-order valence-corrected chi connectivity index (χ4v) is 2.04. The fraction of sp³-hybridized carbons (Fsp3) is 0.200. The third kappa shape index (κ3) is 2.61. The third-order valence-corrected chi connectivity index (χ3v) is 3.14. The van der Waals surface area contributed by atoms with E-state index in [0.717, 1.165) is 6.20 Å². The maximum absolute atomic E-state index is 11.9. The lowest BCUT2D eigenvalue weighted by molar-refractivity contribution is -0.125. The first-order valence-electron chi connectivity index (χ1n) is 5.21. The molecule has 0 aliphatic heterocycles. The zero-order chi connectivity index (χ0) is 14.0. The maximum Gasteiger partial charge on any atom is 0.271 e. The molecule has 2 amide bonds. The highest BCUT2D eigenvalue weighted by molar-refractivity contribution is 7.15. The van der Waals surface area contributed by atoms with Gasteiger partial charge in [-0.2, -0.15) is 0 Å². The molecule has 1 atom stereocenters. The Balaban J connectivity index is 2.20. The Labute approximate surface area is 110 Å². The molecule has 9 heteroatoms. The van der Waals surface area contributed by atoms with Crippen LogP contribution in [0.2, 0.25) is 0 Å². The maximum atomic E-state index is 11.9. The molecular weight excluding hydrogens is 272 g/mol. The van der Waals surface area contributed by atoms with Gasteiger partial charge in [-0.3, -0.25) is 18.8 Å². The van der Waals surface area contributed by atoms with E-state index in [1.54, 1.807) is 5.38 Å². The Kier molecular flexibility index (Phi) is 3.58. The first kappa shape index (κ1) is 13.2. The normalized spacial score (nSPS) is 12.3. The Morgan fingerprint density at radius 1 is 1.58 bits per heavy atom. The minimum Gasteiger partial charge on any atom is -0.381 e. The molecule has 0 saturated heterocycles. The van der Waals surface area contributed by atoms with Crippen LogP contribution in [0, 0.1) is 0 Å². The van der Waals surface area contributed by atoms with Crippen LogP contribution in [0.15, 0.2) is 22.6 Å². The van der Waals surface area contributed by atoms with Crippen molar-refractivity contribution >= 4 is 28.1 Å². The molecule has 2 aromatic rings. The van der Waals surface area contributed by atoms with Crippen LogP contribution in [0.3, 0.4) is 0 Å². The molecule has 8 nitrogen and oxygen atoms in total. The van der Waals surface area contributed by atoms with Crippen LogP contribution in [0.25, 0.3) is 4.96 Å². The lowest BCUT2D eigenvalue weighted by Crippen LogP contribution is -2.41. The Morgan fingerprint density at radius 3 is 3.00 bits per heavy atom. The molecule has 0 aliphatic carbocycles. The standard InChI is InChI=1S/C10H10N4O4S/c11-7(16)6(15)4-12-8(17)5-3-13-10-14(9(5)18)1-2-19-10/h1-3,6,15H,4H2,(H2,11,16)(H,12,17). The van der Waals surface area contributed by atoms with Gasteiger partial charge >= 0.3 is 0 Å². The van der Waals surface area contributed by atoms with Crippen molar-refractivity contribution in [3.8, 4) is 0 Å². The molecule has 2 rings (SSSR count). The van der Waals surface area contributed by atoms with Crippen LogP contribution in [0.4, 0.5) is 0 Å². The summed E-state index contributed by atoms with van der Waals surface area (Å²) in [5, 5.41) is 13.1. The predicted molar refractivity (Wildman–Crippen MR) is 66.9 cm³/mol. The number of aliphatic hydroxyl groups is 1. The fourth-order valence-electron chi connectivity index (χ4n) is 1.37. The summed E-state index contributed by atoms with van der Waals surface area (Å²) in [6.45, 7) is -0.361. The predicted octanol–water partition coefficient (Wildman–Crippen LogP) is -1.67. The number of fused-ring (bicyclic) bond motifs is 1. The second-order valence-electron chi connectivity index (χ2n) is 3.66. The Hall–Kier alpha value is -2.26. The van der Waals surface area contributed by atoms with Crippen LogP contribution in [0.5, 0.6) is 0 Å². The monoisotopic (exact) mass is 282 g/mol. The molecular formula is C10H10N4O4S. The first-order valence-corrected chi connectivity index (χ1v) is 6.09. The van der Waals surface area contributed by atoms with Crippen molar-refractivity contribution in [1.29, 1.82) is 0 Å². The summed E-state index contributed by atoms with van der Waals surface area (Å²) in [5.74, 6) is -1.68. The number of thiazole rings is 1. The number of carbonyl (C=O) groups excluding carboxylic acids is 2. The molecule has 0 bridgehead atoms. The molecule has 4 N–H and O–H groups in total. The molecule has 1 unspecified atom stereocenters. The highest BCUT2D eigenvalue weighted by atomic mass is 32.1. The van der Waals surface area contributed by atoms with Crippen molar-refractivity contribution in [2.24, 2.45) is 5.73 Å². The van der Waals surface area contributed by atoms with Gasteiger partial charge in [0.1, 0.15) is 11.7 Å². The van der Waals surface area contributed by atoms with Crippen LogP contribution in [0.1, 0.15) is 10.4 Å². The average Bonchev–Trinajstić information content (AvgIpc) is 2.85. The number of aromatic nitrogens is 2. The van der Waals surface area contributed by atoms with Gasteiger partial charge in [0.25, 0.3) is 11.5 Å². The van der Waals surface area contributed by atoms with Gasteiger partial charge in [0, 0.05) is 17.8 Å². The molecule has 19 heavy (non-hydrogen) atoms. The van der Waals surface area contributed by atoms with E-state index in [9.17, 15) is 14.4 Å². The Bertz CT molecular complexity index is 692. The van der Waals surface area contributed by atoms with Crippen LogP contribution >= 0.6 is 11.3 Å². The number of rotatable bonds is 4. The van der Waals surface area contributed by atoms with Gasteiger partial charge in [0.2, 0.25) is 5.91 Å². The van der Waals surface area contributed by atoms with E-state index in [4.69, 9.17) is 10.8 Å². The Morgan fingerprint density at radius 2 is 2.32 bits per heavy atom. The second-order valence-corrected chi connectivity index (χ2v) is 4.53. The SMILES string of the molecule is NC(=O)C(O)CNC(=O)c1cnc2sccn2c1=O. The molecule has 0 radical (unpaired) electrons. The van der Waals surface area contributed by atoms with Gasteiger partial charge in [0.05, 0.1) is 6.54 Å². The molecule has 0 saturated carbocycles. The number of hydrogen-bond donors (Lipinski definition) is 3. The topological polar surface area (TPSA) is 127 Å². The van der Waals surface area contributed by atoms with Crippen molar-refractivity contribution in [1.82, 2.24) is 14.7 Å². The molecule has 0 aromatic carbocycles. The summed E-state index contributed by atoms with van der Waals surface area (Å²) < 4.78 is 1.24. The van der Waals surface area contributed by atoms with E-state index in [1.165, 1.54) is 21.9 Å². The van der Waals surface area contributed by atoms with Gasteiger partial charge in [-0.05, 0) is 0 Å². The first-order chi connectivity index (χ1) is 9.00. The molecule has 100 valence electrons. The third-order valence-electron chi connectivity index (χ3n) is 2.37. The quantitative estimate of drug-likeness (QED) is 0.618. The number of nitrogens with two attached hydrogens (primary N) is 1. The van der Waals surface area contributed by atoms with E-state index >= 15 is 0 Å². The molecule has 2 heterocycles. The van der Waals surface area contributed by atoms with Gasteiger partial charge in [-0.1, -0.05) is 0 Å². The minimum absolute atomic E-state index is 0.174. The van der Waals surface area contributed by atoms with Crippen molar-refractivity contribution < 1.29 is 14.7 Å². The summed E-state index contributed by atoms with van der Waals surface area (Å²) in [6, 6.07) is 0. The second kappa shape index (κ2) is 5.16. The van der Waals surface area contributed by atoms with E-state index in [-0.39, 0.29) is 12.1 Å². The van der Waals surface area contributed by atoms with Crippen molar-refractivity contribution in [3.05, 3.63) is 33.7 Å². The van der Waals surface area contributed by atoms with Crippen molar-refractivity contribution in [2.45, 2.75) is 6.10 Å². The highest BCUT2D eigenvalue weighted by Crippen LogP contribution is 2.05. The zero-order valence-corrected chi connectivity index (χ0v) is 10.4. The van der Waals surface area contributed by atoms with Gasteiger partial charge < -0.3 is 16.2 Å². The summed E-state index contributed by atoms with van der Waals surface area (Å²) in [7, 11) is 0. The molecule has 0 aliphatic rings. The number of amides is 2. The molecule has 0 spiro atoms. The number of nitrogens with one attached hydrogen (secondary N) is 1. The van der Waals surface area contributed by atoms with Gasteiger partial charge in [0.15, 0.2) is 4.96 Å². The largest absolute Gasteiger partial charge is 0.381 e. The van der Waals surface area contributed by atoms with Crippen LogP contribution in [-0.4, -0.2) is 39.0 Å². The van der Waals surface area contributed by atoms with E-state index in [2.05, 4.69) is 10.3 Å². The van der Waals surface area contributed by atoms with Crippen molar-refractivity contribution in [2.75, 3.05) is 6.54 Å². The summed E-state index contributed by atoms with van der Waals surface area (Å²) in [4.78, 5) is 38.7. The zero-order valence-electron chi connectivity index (χ0n) is 9.57. The summed E-state index contributed by atoms with van der Waals surface area (Å²) in [5.41, 5.74) is 4.14. The smallest absolute Gasteiger partial charge is 0.271 e. The molecule has 0 fully saturated rings. The summed E-state index contributed by atoms with van der Waals surface area (Å²) >= 11 is 1.26. The van der Waals surface area contributed by atoms with E-state index in [1.807, 2.05) is 0 Å². The lowest BCUT2D eigenvalue weighted by atomic mass is 10.3. The van der Waals surface area contributed by atoms with E-state index < -0.39 is 23.5 Å². The number of carbonyl (C=O) groups is 2. The number of aliphatic hydroxyl groups excluding tert-OH is 1. The van der Waals surface area contributed by atoms with Crippen LogP contribution < -0.4 is 16.6 Å². The highest BCUT2D eigenvalue weighted by Gasteiger charge is 2.16. The number of nitrogens with zero attached hydrogens (tertiary/aromatic N) is 2. The van der Waals surface area contributed by atoms with Crippen molar-refractivity contribution in [3.63, 3.8) is 0 Å². The number of hydrogen-bond acceptors (Lipinski definition) is 6. The van der Waals surface area contributed by atoms with E-state index in [0.29, 0.717) is 4.96 Å².